The molecule has 1 N–H and O–H groups in total. The molecule has 2 unspecified atom stereocenters. The van der Waals surface area contributed by atoms with E-state index in [1.807, 2.05) is 13.8 Å². The summed E-state index contributed by atoms with van der Waals surface area (Å²) < 4.78 is 34.1. The maximum absolute atomic E-state index is 11.5. The molecule has 1 saturated heterocycles. The molecule has 0 aromatic heterocycles. The summed E-state index contributed by atoms with van der Waals surface area (Å²) in [7, 11) is -2.98. The molecule has 124 valence electrons. The lowest BCUT2D eigenvalue weighted by Gasteiger charge is -2.27. The Morgan fingerprint density at radius 3 is 2.71 bits per heavy atom. The summed E-state index contributed by atoms with van der Waals surface area (Å²) in [6.07, 6.45) is 1.92. The first-order valence-corrected chi connectivity index (χ1v) is 9.89. The van der Waals surface area contributed by atoms with E-state index < -0.39 is 15.4 Å². The van der Waals surface area contributed by atoms with Gasteiger partial charge in [-0.1, -0.05) is 6.92 Å². The van der Waals surface area contributed by atoms with Crippen LogP contribution in [0.3, 0.4) is 0 Å². The minimum absolute atomic E-state index is 0.0780. The average molecular weight is 358 g/mol. The predicted molar refractivity (Wildman–Crippen MR) is 88.7 cm³/mol. The fourth-order valence-electron chi connectivity index (χ4n) is 2.17. The van der Waals surface area contributed by atoms with Crippen LogP contribution in [0.5, 0.6) is 0 Å². The SMILES string of the molecule is CCCOCCC(CCl)OC(=S)NC1(C)CCS(=O)(=O)C1. The van der Waals surface area contributed by atoms with Gasteiger partial charge in [0, 0.05) is 13.0 Å². The van der Waals surface area contributed by atoms with Crippen molar-refractivity contribution in [2.24, 2.45) is 0 Å². The van der Waals surface area contributed by atoms with Crippen molar-refractivity contribution in [3.63, 3.8) is 0 Å². The zero-order valence-corrected chi connectivity index (χ0v) is 15.0. The fourth-order valence-corrected chi connectivity index (χ4v) is 4.86. The molecule has 0 aromatic rings. The van der Waals surface area contributed by atoms with Gasteiger partial charge < -0.3 is 14.8 Å². The molecular formula is C13H24ClNO4S2. The molecule has 1 aliphatic rings. The van der Waals surface area contributed by atoms with Gasteiger partial charge in [0.2, 0.25) is 0 Å². The van der Waals surface area contributed by atoms with Crippen LogP contribution in [0, 0.1) is 0 Å². The summed E-state index contributed by atoms with van der Waals surface area (Å²) >= 11 is 11.0. The predicted octanol–water partition coefficient (Wildman–Crippen LogP) is 1.88. The zero-order chi connectivity index (χ0) is 15.9. The van der Waals surface area contributed by atoms with Crippen LogP contribution in [-0.2, 0) is 19.3 Å². The van der Waals surface area contributed by atoms with Crippen molar-refractivity contribution in [2.75, 3.05) is 30.6 Å². The number of rotatable bonds is 8. The molecule has 1 aliphatic heterocycles. The fraction of sp³-hybridized carbons (Fsp3) is 0.923. The highest BCUT2D eigenvalue weighted by molar-refractivity contribution is 7.91. The van der Waals surface area contributed by atoms with E-state index in [0.29, 0.717) is 31.9 Å². The van der Waals surface area contributed by atoms with E-state index in [0.717, 1.165) is 6.42 Å². The van der Waals surface area contributed by atoms with Gasteiger partial charge in [-0.15, -0.1) is 11.6 Å². The minimum Gasteiger partial charge on any atom is -0.466 e. The number of hydrogen-bond acceptors (Lipinski definition) is 5. The highest BCUT2D eigenvalue weighted by atomic mass is 35.5. The van der Waals surface area contributed by atoms with Crippen LogP contribution >= 0.6 is 23.8 Å². The third-order valence-electron chi connectivity index (χ3n) is 3.29. The van der Waals surface area contributed by atoms with E-state index in [4.69, 9.17) is 33.3 Å². The molecule has 1 fully saturated rings. The van der Waals surface area contributed by atoms with E-state index in [1.54, 1.807) is 0 Å². The van der Waals surface area contributed by atoms with Gasteiger partial charge in [0.25, 0.3) is 5.17 Å². The van der Waals surface area contributed by atoms with E-state index >= 15 is 0 Å². The van der Waals surface area contributed by atoms with Gasteiger partial charge >= 0.3 is 0 Å². The Hall–Kier alpha value is -0.110. The summed E-state index contributed by atoms with van der Waals surface area (Å²) in [6.45, 7) is 5.17. The number of halogens is 1. The quantitative estimate of drug-likeness (QED) is 0.406. The van der Waals surface area contributed by atoms with E-state index in [2.05, 4.69) is 5.32 Å². The van der Waals surface area contributed by atoms with Crippen LogP contribution in [0.2, 0.25) is 0 Å². The second kappa shape index (κ2) is 8.50. The Labute approximate surface area is 137 Å². The molecule has 0 amide bonds. The molecule has 0 radical (unpaired) electrons. The summed E-state index contributed by atoms with van der Waals surface area (Å²) in [5.41, 5.74) is -0.550. The van der Waals surface area contributed by atoms with Crippen molar-refractivity contribution in [2.45, 2.75) is 44.8 Å². The maximum Gasteiger partial charge on any atom is 0.257 e. The van der Waals surface area contributed by atoms with Crippen LogP contribution in [0.25, 0.3) is 0 Å². The van der Waals surface area contributed by atoms with Crippen molar-refractivity contribution >= 4 is 38.8 Å². The molecule has 0 spiro atoms. The van der Waals surface area contributed by atoms with Crippen molar-refractivity contribution in [3.8, 4) is 0 Å². The normalized spacial score (nSPS) is 25.5. The lowest BCUT2D eigenvalue weighted by molar-refractivity contribution is 0.0938. The number of alkyl halides is 1. The number of ether oxygens (including phenoxy) is 2. The zero-order valence-electron chi connectivity index (χ0n) is 12.6. The summed E-state index contributed by atoms with van der Waals surface area (Å²) in [5.74, 6) is 0.573. The van der Waals surface area contributed by atoms with Gasteiger partial charge in [-0.05, 0) is 32.0 Å². The third kappa shape index (κ3) is 7.13. The third-order valence-corrected chi connectivity index (χ3v) is 5.73. The molecule has 0 saturated carbocycles. The van der Waals surface area contributed by atoms with Crippen LogP contribution in [0.1, 0.15) is 33.1 Å². The summed E-state index contributed by atoms with van der Waals surface area (Å²) in [6, 6.07) is 0. The molecule has 1 rings (SSSR count). The van der Waals surface area contributed by atoms with Crippen LogP contribution in [-0.4, -0.2) is 55.8 Å². The standard InChI is InChI=1S/C13H24ClNO4S2/c1-3-6-18-7-4-11(9-14)19-12(20)15-13(2)5-8-21(16,17)10-13/h11H,3-10H2,1-2H3,(H,15,20). The number of hydrogen-bond donors (Lipinski definition) is 1. The molecule has 8 heteroatoms. The molecule has 21 heavy (non-hydrogen) atoms. The number of thiocarbonyl (C=S) groups is 1. The Morgan fingerprint density at radius 1 is 1.48 bits per heavy atom. The van der Waals surface area contributed by atoms with Crippen LogP contribution in [0.15, 0.2) is 0 Å². The monoisotopic (exact) mass is 357 g/mol. The molecule has 0 bridgehead atoms. The van der Waals surface area contributed by atoms with Crippen molar-refractivity contribution in [1.82, 2.24) is 5.32 Å². The second-order valence-electron chi connectivity index (χ2n) is 5.61. The lowest BCUT2D eigenvalue weighted by Crippen LogP contribution is -2.48. The molecule has 1 heterocycles. The van der Waals surface area contributed by atoms with Gasteiger partial charge in [0.1, 0.15) is 6.10 Å². The highest BCUT2D eigenvalue weighted by Gasteiger charge is 2.39. The van der Waals surface area contributed by atoms with Crippen molar-refractivity contribution in [3.05, 3.63) is 0 Å². The van der Waals surface area contributed by atoms with Crippen LogP contribution in [0.4, 0.5) is 0 Å². The first-order chi connectivity index (χ1) is 9.80. The van der Waals surface area contributed by atoms with Crippen molar-refractivity contribution in [1.29, 1.82) is 0 Å². The first-order valence-electron chi connectivity index (χ1n) is 7.13. The van der Waals surface area contributed by atoms with Gasteiger partial charge in [0.15, 0.2) is 9.84 Å². The van der Waals surface area contributed by atoms with E-state index in [9.17, 15) is 8.42 Å². The Balaban J connectivity index is 2.37. The first kappa shape index (κ1) is 18.9. The van der Waals surface area contributed by atoms with Gasteiger partial charge in [-0.3, -0.25) is 0 Å². The summed E-state index contributed by atoms with van der Waals surface area (Å²) in [4.78, 5) is 0. The van der Waals surface area contributed by atoms with E-state index in [1.165, 1.54) is 0 Å². The van der Waals surface area contributed by atoms with Gasteiger partial charge in [-0.2, -0.15) is 0 Å². The highest BCUT2D eigenvalue weighted by Crippen LogP contribution is 2.23. The molecule has 0 aromatic carbocycles. The van der Waals surface area contributed by atoms with E-state index in [-0.39, 0.29) is 22.8 Å². The Bertz CT molecular complexity index is 443. The Kier molecular flexibility index (Phi) is 7.67. The second-order valence-corrected chi connectivity index (χ2v) is 8.47. The number of nitrogens with one attached hydrogen (secondary N) is 1. The average Bonchev–Trinajstić information content (AvgIpc) is 2.66. The lowest BCUT2D eigenvalue weighted by atomic mass is 10.0. The molecule has 2 atom stereocenters. The maximum atomic E-state index is 11.5. The van der Waals surface area contributed by atoms with Gasteiger partial charge in [-0.25, -0.2) is 8.42 Å². The van der Waals surface area contributed by atoms with Crippen molar-refractivity contribution < 1.29 is 17.9 Å². The number of sulfone groups is 1. The minimum atomic E-state index is -2.98. The molecule has 5 nitrogen and oxygen atoms in total. The Morgan fingerprint density at radius 2 is 2.19 bits per heavy atom. The molecular weight excluding hydrogens is 334 g/mol. The summed E-state index contributed by atoms with van der Waals surface area (Å²) in [5, 5.41) is 3.21. The van der Waals surface area contributed by atoms with Gasteiger partial charge in [0.05, 0.1) is 29.5 Å². The van der Waals surface area contributed by atoms with Crippen LogP contribution < -0.4 is 5.32 Å². The largest absolute Gasteiger partial charge is 0.466 e. The molecule has 0 aliphatic carbocycles. The smallest absolute Gasteiger partial charge is 0.257 e. The topological polar surface area (TPSA) is 64.6 Å².